The first-order chi connectivity index (χ1) is 12.2. The molecule has 1 atom stereocenters. The van der Waals surface area contributed by atoms with Crippen LogP contribution in [0.2, 0.25) is 0 Å². The van der Waals surface area contributed by atoms with Crippen LogP contribution in [-0.2, 0) is 0 Å². The van der Waals surface area contributed by atoms with Crippen molar-refractivity contribution in [3.63, 3.8) is 0 Å². The number of aliphatic imine (C=N–C) groups is 1. The molecule has 0 spiro atoms. The van der Waals surface area contributed by atoms with Gasteiger partial charge in [-0.15, -0.1) is 0 Å². The maximum absolute atomic E-state index is 5.56. The summed E-state index contributed by atoms with van der Waals surface area (Å²) in [6.07, 6.45) is 3.86. The Balaban J connectivity index is 1.95. The molecule has 1 aliphatic heterocycles. The minimum absolute atomic E-state index is 0.576. The Morgan fingerprint density at radius 2 is 2.12 bits per heavy atom. The number of benzene rings is 1. The molecule has 1 heterocycles. The van der Waals surface area contributed by atoms with Crippen LogP contribution in [0, 0.1) is 0 Å². The standard InChI is InChI=1S/C19H32N4O2/c1-5-23-12-8-7-9-16(23)14-21-19(20-3)22-15-10-11-17(25-6-2)18(13-15)24-4/h10-11,13,16H,5-9,12,14H2,1-4H3,(H2,20,21,22). The molecular formula is C19H32N4O2. The molecule has 25 heavy (non-hydrogen) atoms. The summed E-state index contributed by atoms with van der Waals surface area (Å²) in [5, 5.41) is 6.78. The zero-order valence-corrected chi connectivity index (χ0v) is 16.0. The van der Waals surface area contributed by atoms with Crippen molar-refractivity contribution in [2.45, 2.75) is 39.2 Å². The summed E-state index contributed by atoms with van der Waals surface area (Å²) < 4.78 is 11.0. The van der Waals surface area contributed by atoms with Gasteiger partial charge in [0.15, 0.2) is 17.5 Å². The first kappa shape index (κ1) is 19.4. The molecule has 6 heteroatoms. The summed E-state index contributed by atoms with van der Waals surface area (Å²) in [7, 11) is 3.44. The van der Waals surface area contributed by atoms with Crippen molar-refractivity contribution < 1.29 is 9.47 Å². The van der Waals surface area contributed by atoms with E-state index in [0.29, 0.717) is 18.4 Å². The Morgan fingerprint density at radius 1 is 1.28 bits per heavy atom. The highest BCUT2D eigenvalue weighted by molar-refractivity contribution is 5.93. The van der Waals surface area contributed by atoms with Crippen LogP contribution in [0.25, 0.3) is 0 Å². The Morgan fingerprint density at radius 3 is 2.80 bits per heavy atom. The third kappa shape index (κ3) is 5.53. The number of hydrogen-bond donors (Lipinski definition) is 2. The Hall–Kier alpha value is -1.95. The van der Waals surface area contributed by atoms with Gasteiger partial charge in [-0.05, 0) is 45.0 Å². The number of likely N-dealkylation sites (tertiary alicyclic amines) is 1. The fourth-order valence-corrected chi connectivity index (χ4v) is 3.26. The highest BCUT2D eigenvalue weighted by atomic mass is 16.5. The van der Waals surface area contributed by atoms with Crippen LogP contribution in [0.1, 0.15) is 33.1 Å². The lowest BCUT2D eigenvalue weighted by atomic mass is 10.0. The Labute approximate surface area is 151 Å². The highest BCUT2D eigenvalue weighted by Gasteiger charge is 2.20. The average Bonchev–Trinajstić information content (AvgIpc) is 2.66. The van der Waals surface area contributed by atoms with E-state index in [1.54, 1.807) is 14.2 Å². The molecule has 0 bridgehead atoms. The van der Waals surface area contributed by atoms with Crippen molar-refractivity contribution in [2.24, 2.45) is 4.99 Å². The maximum Gasteiger partial charge on any atom is 0.195 e. The van der Waals surface area contributed by atoms with Gasteiger partial charge in [0.2, 0.25) is 0 Å². The zero-order valence-electron chi connectivity index (χ0n) is 16.0. The Bertz CT molecular complexity index is 562. The molecule has 140 valence electrons. The lowest BCUT2D eigenvalue weighted by Gasteiger charge is -2.35. The fraction of sp³-hybridized carbons (Fsp3) is 0.632. The molecule has 1 aromatic carbocycles. The number of anilines is 1. The lowest BCUT2D eigenvalue weighted by Crippen LogP contribution is -2.47. The number of piperidine rings is 1. The van der Waals surface area contributed by atoms with Gasteiger partial charge in [-0.1, -0.05) is 13.3 Å². The molecule has 0 radical (unpaired) electrons. The number of guanidine groups is 1. The first-order valence-electron chi connectivity index (χ1n) is 9.24. The number of likely N-dealkylation sites (N-methyl/N-ethyl adjacent to an activating group) is 1. The highest BCUT2D eigenvalue weighted by Crippen LogP contribution is 2.30. The summed E-state index contributed by atoms with van der Waals surface area (Å²) in [5.41, 5.74) is 0.921. The minimum Gasteiger partial charge on any atom is -0.493 e. The van der Waals surface area contributed by atoms with Gasteiger partial charge in [-0.3, -0.25) is 9.89 Å². The predicted octanol–water partition coefficient (Wildman–Crippen LogP) is 2.96. The molecule has 1 unspecified atom stereocenters. The second-order valence-corrected chi connectivity index (χ2v) is 6.15. The van der Waals surface area contributed by atoms with Crippen LogP contribution in [-0.4, -0.2) is 57.3 Å². The molecule has 2 N–H and O–H groups in total. The van der Waals surface area contributed by atoms with E-state index in [9.17, 15) is 0 Å². The molecular weight excluding hydrogens is 316 g/mol. The number of ether oxygens (including phenoxy) is 2. The van der Waals surface area contributed by atoms with Crippen LogP contribution < -0.4 is 20.1 Å². The van der Waals surface area contributed by atoms with E-state index in [4.69, 9.17) is 9.47 Å². The molecule has 2 rings (SSSR count). The summed E-state index contributed by atoms with van der Waals surface area (Å²) in [4.78, 5) is 6.88. The van der Waals surface area contributed by atoms with Crippen LogP contribution >= 0.6 is 0 Å². The number of methoxy groups -OCH3 is 1. The van der Waals surface area contributed by atoms with E-state index < -0.39 is 0 Å². The van der Waals surface area contributed by atoms with Crippen molar-refractivity contribution in [1.29, 1.82) is 0 Å². The SMILES string of the molecule is CCOc1ccc(NC(=NC)NCC2CCCCN2CC)cc1OC. The van der Waals surface area contributed by atoms with Gasteiger partial charge in [-0.2, -0.15) is 0 Å². The molecule has 1 aliphatic rings. The maximum atomic E-state index is 5.56. The van der Waals surface area contributed by atoms with Gasteiger partial charge in [0.05, 0.1) is 13.7 Å². The summed E-state index contributed by atoms with van der Waals surface area (Å²) in [5.74, 6) is 2.24. The van der Waals surface area contributed by atoms with E-state index in [1.165, 1.54) is 25.8 Å². The molecule has 1 fully saturated rings. The predicted molar refractivity (Wildman–Crippen MR) is 104 cm³/mol. The largest absolute Gasteiger partial charge is 0.493 e. The third-order valence-corrected chi connectivity index (χ3v) is 4.61. The quantitative estimate of drug-likeness (QED) is 0.586. The average molecular weight is 348 g/mol. The number of hydrogen-bond acceptors (Lipinski definition) is 4. The normalized spacial score (nSPS) is 18.7. The smallest absolute Gasteiger partial charge is 0.195 e. The monoisotopic (exact) mass is 348 g/mol. The Kier molecular flexibility index (Phi) is 7.85. The van der Waals surface area contributed by atoms with Crippen molar-refractivity contribution in [3.8, 4) is 11.5 Å². The second-order valence-electron chi connectivity index (χ2n) is 6.15. The van der Waals surface area contributed by atoms with Gasteiger partial charge in [-0.25, -0.2) is 0 Å². The molecule has 1 saturated heterocycles. The van der Waals surface area contributed by atoms with Crippen molar-refractivity contribution >= 4 is 11.6 Å². The van der Waals surface area contributed by atoms with Crippen molar-refractivity contribution in [3.05, 3.63) is 18.2 Å². The number of rotatable bonds is 7. The van der Waals surface area contributed by atoms with Crippen LogP contribution in [0.15, 0.2) is 23.2 Å². The van der Waals surface area contributed by atoms with Gasteiger partial charge >= 0.3 is 0 Å². The molecule has 0 aliphatic carbocycles. The van der Waals surface area contributed by atoms with Crippen LogP contribution in [0.5, 0.6) is 11.5 Å². The molecule has 6 nitrogen and oxygen atoms in total. The van der Waals surface area contributed by atoms with Gasteiger partial charge in [0, 0.05) is 31.4 Å². The molecule has 0 saturated carbocycles. The van der Waals surface area contributed by atoms with E-state index >= 15 is 0 Å². The number of nitrogens with one attached hydrogen (secondary N) is 2. The van der Waals surface area contributed by atoms with E-state index in [0.717, 1.165) is 30.5 Å². The van der Waals surface area contributed by atoms with Crippen LogP contribution in [0.4, 0.5) is 5.69 Å². The summed E-state index contributed by atoms with van der Waals surface area (Å²) >= 11 is 0. The molecule has 1 aromatic rings. The summed E-state index contributed by atoms with van der Waals surface area (Å²) in [6.45, 7) is 8.02. The summed E-state index contributed by atoms with van der Waals surface area (Å²) in [6, 6.07) is 6.39. The van der Waals surface area contributed by atoms with Crippen LogP contribution in [0.3, 0.4) is 0 Å². The zero-order chi connectivity index (χ0) is 18.1. The van der Waals surface area contributed by atoms with Gasteiger partial charge < -0.3 is 20.1 Å². The van der Waals surface area contributed by atoms with Crippen molar-refractivity contribution in [2.75, 3.05) is 45.7 Å². The van der Waals surface area contributed by atoms with Gasteiger partial charge in [0.25, 0.3) is 0 Å². The first-order valence-corrected chi connectivity index (χ1v) is 9.24. The molecule has 0 aromatic heterocycles. The topological polar surface area (TPSA) is 58.1 Å². The minimum atomic E-state index is 0.576. The van der Waals surface area contributed by atoms with E-state index in [1.807, 2.05) is 25.1 Å². The second kappa shape index (κ2) is 10.1. The number of nitrogens with zero attached hydrogens (tertiary/aromatic N) is 2. The van der Waals surface area contributed by atoms with E-state index in [-0.39, 0.29) is 0 Å². The lowest BCUT2D eigenvalue weighted by molar-refractivity contribution is 0.157. The van der Waals surface area contributed by atoms with Gasteiger partial charge in [0.1, 0.15) is 0 Å². The van der Waals surface area contributed by atoms with Crippen molar-refractivity contribution in [1.82, 2.24) is 10.2 Å². The fourth-order valence-electron chi connectivity index (χ4n) is 3.26. The molecule has 0 amide bonds. The third-order valence-electron chi connectivity index (χ3n) is 4.61. The van der Waals surface area contributed by atoms with E-state index in [2.05, 4.69) is 27.4 Å².